The van der Waals surface area contributed by atoms with Crippen LogP contribution in [0, 0.1) is 5.92 Å². The van der Waals surface area contributed by atoms with Gasteiger partial charge in [-0.3, -0.25) is 4.79 Å². The molecule has 0 radical (unpaired) electrons. The van der Waals surface area contributed by atoms with E-state index in [0.717, 1.165) is 52.1 Å². The molecule has 0 aromatic heterocycles. The number of carbonyl (C=O) groups excluding carboxylic acids is 1. The van der Waals surface area contributed by atoms with Crippen LogP contribution in [0.1, 0.15) is 40.5 Å². The Morgan fingerprint density at radius 2 is 1.84 bits per heavy atom. The molecule has 4 heteroatoms. The zero-order chi connectivity index (χ0) is 14.3. The molecule has 1 heterocycles. The topological polar surface area (TPSA) is 35.6 Å². The summed E-state index contributed by atoms with van der Waals surface area (Å²) in [5, 5.41) is 3.34. The van der Waals surface area contributed by atoms with Crippen LogP contribution < -0.4 is 5.32 Å². The van der Waals surface area contributed by atoms with Crippen LogP contribution in [0.3, 0.4) is 0 Å². The molecule has 19 heavy (non-hydrogen) atoms. The fourth-order valence-corrected chi connectivity index (χ4v) is 2.81. The number of amides is 1. The Morgan fingerprint density at radius 1 is 1.16 bits per heavy atom. The van der Waals surface area contributed by atoms with Gasteiger partial charge in [-0.05, 0) is 51.9 Å². The molecule has 1 saturated heterocycles. The van der Waals surface area contributed by atoms with E-state index in [1.807, 2.05) is 4.90 Å². The molecular formula is C15H31N3O. The maximum absolute atomic E-state index is 12.5. The SMILES string of the molecule is CCN(CC)CCCN(CC)C(=O)C1NCCC1C. The summed E-state index contributed by atoms with van der Waals surface area (Å²) in [6.07, 6.45) is 2.19. The monoisotopic (exact) mass is 269 g/mol. The van der Waals surface area contributed by atoms with Crippen molar-refractivity contribution in [1.29, 1.82) is 0 Å². The number of rotatable bonds is 8. The highest BCUT2D eigenvalue weighted by molar-refractivity contribution is 5.82. The Bertz CT molecular complexity index is 266. The average Bonchev–Trinajstić information content (AvgIpc) is 2.85. The Hall–Kier alpha value is -0.610. The van der Waals surface area contributed by atoms with E-state index in [2.05, 4.69) is 37.9 Å². The van der Waals surface area contributed by atoms with Crippen LogP contribution >= 0.6 is 0 Å². The fourth-order valence-electron chi connectivity index (χ4n) is 2.81. The third kappa shape index (κ3) is 4.77. The number of hydrogen-bond donors (Lipinski definition) is 1. The second-order valence-electron chi connectivity index (χ2n) is 5.50. The normalized spacial score (nSPS) is 23.0. The highest BCUT2D eigenvalue weighted by Crippen LogP contribution is 2.16. The minimum atomic E-state index is 0.0494. The lowest BCUT2D eigenvalue weighted by Crippen LogP contribution is -2.46. The van der Waals surface area contributed by atoms with Gasteiger partial charge in [0.15, 0.2) is 0 Å². The summed E-state index contributed by atoms with van der Waals surface area (Å²) in [7, 11) is 0. The number of likely N-dealkylation sites (N-methyl/N-ethyl adjacent to an activating group) is 1. The summed E-state index contributed by atoms with van der Waals surface area (Å²) in [5.74, 6) is 0.774. The first kappa shape index (κ1) is 16.4. The lowest BCUT2D eigenvalue weighted by atomic mass is 10.0. The summed E-state index contributed by atoms with van der Waals surface area (Å²) in [5.41, 5.74) is 0. The van der Waals surface area contributed by atoms with Crippen molar-refractivity contribution in [3.8, 4) is 0 Å². The molecule has 1 aliphatic heterocycles. The Balaban J connectivity index is 2.38. The van der Waals surface area contributed by atoms with Crippen molar-refractivity contribution in [3.63, 3.8) is 0 Å². The van der Waals surface area contributed by atoms with Gasteiger partial charge in [-0.15, -0.1) is 0 Å². The van der Waals surface area contributed by atoms with E-state index in [-0.39, 0.29) is 6.04 Å². The van der Waals surface area contributed by atoms with Gasteiger partial charge in [0.2, 0.25) is 5.91 Å². The minimum absolute atomic E-state index is 0.0494. The molecule has 112 valence electrons. The number of hydrogen-bond acceptors (Lipinski definition) is 3. The first-order valence-electron chi connectivity index (χ1n) is 7.88. The van der Waals surface area contributed by atoms with Gasteiger partial charge < -0.3 is 15.1 Å². The molecule has 0 saturated carbocycles. The second-order valence-corrected chi connectivity index (χ2v) is 5.50. The molecule has 1 fully saturated rings. The van der Waals surface area contributed by atoms with Gasteiger partial charge in [0.05, 0.1) is 6.04 Å². The first-order valence-corrected chi connectivity index (χ1v) is 7.88. The van der Waals surface area contributed by atoms with Gasteiger partial charge in [-0.1, -0.05) is 20.8 Å². The maximum atomic E-state index is 12.5. The van der Waals surface area contributed by atoms with Crippen LogP contribution in [0.25, 0.3) is 0 Å². The van der Waals surface area contributed by atoms with Crippen molar-refractivity contribution in [3.05, 3.63) is 0 Å². The largest absolute Gasteiger partial charge is 0.342 e. The molecule has 1 aliphatic rings. The molecule has 0 aliphatic carbocycles. The maximum Gasteiger partial charge on any atom is 0.239 e. The predicted molar refractivity (Wildman–Crippen MR) is 80.2 cm³/mol. The van der Waals surface area contributed by atoms with Crippen LogP contribution in [0.4, 0.5) is 0 Å². The third-order valence-corrected chi connectivity index (χ3v) is 4.29. The summed E-state index contributed by atoms with van der Waals surface area (Å²) in [6.45, 7) is 14.6. The van der Waals surface area contributed by atoms with E-state index in [0.29, 0.717) is 11.8 Å². The lowest BCUT2D eigenvalue weighted by Gasteiger charge is -2.27. The van der Waals surface area contributed by atoms with Crippen molar-refractivity contribution in [2.75, 3.05) is 39.3 Å². The summed E-state index contributed by atoms with van der Waals surface area (Å²) in [4.78, 5) is 16.9. The zero-order valence-corrected chi connectivity index (χ0v) is 13.1. The Labute approximate surface area is 118 Å². The summed E-state index contributed by atoms with van der Waals surface area (Å²) < 4.78 is 0. The molecular weight excluding hydrogens is 238 g/mol. The van der Waals surface area contributed by atoms with Crippen LogP contribution in [0.5, 0.6) is 0 Å². The van der Waals surface area contributed by atoms with Crippen molar-refractivity contribution in [1.82, 2.24) is 15.1 Å². The molecule has 0 aromatic carbocycles. The van der Waals surface area contributed by atoms with Crippen molar-refractivity contribution < 1.29 is 4.79 Å². The lowest BCUT2D eigenvalue weighted by molar-refractivity contribution is -0.133. The van der Waals surface area contributed by atoms with Crippen LogP contribution in [-0.2, 0) is 4.79 Å². The van der Waals surface area contributed by atoms with Gasteiger partial charge in [0.25, 0.3) is 0 Å². The molecule has 2 unspecified atom stereocenters. The quantitative estimate of drug-likeness (QED) is 0.726. The number of nitrogens with one attached hydrogen (secondary N) is 1. The van der Waals surface area contributed by atoms with Gasteiger partial charge >= 0.3 is 0 Å². The molecule has 1 rings (SSSR count). The van der Waals surface area contributed by atoms with Crippen molar-refractivity contribution in [2.45, 2.75) is 46.6 Å². The van der Waals surface area contributed by atoms with E-state index in [9.17, 15) is 4.79 Å². The Kier molecular flexibility index (Phi) is 7.39. The standard InChI is InChI=1S/C15H31N3O/c1-5-17(6-2)11-8-12-18(7-3)15(19)14-13(4)9-10-16-14/h13-14,16H,5-12H2,1-4H3. The van der Waals surface area contributed by atoms with E-state index < -0.39 is 0 Å². The van der Waals surface area contributed by atoms with Gasteiger partial charge in [0, 0.05) is 13.1 Å². The predicted octanol–water partition coefficient (Wildman–Crippen LogP) is 1.56. The fraction of sp³-hybridized carbons (Fsp3) is 0.933. The second kappa shape index (κ2) is 8.54. The third-order valence-electron chi connectivity index (χ3n) is 4.29. The smallest absolute Gasteiger partial charge is 0.239 e. The molecule has 1 amide bonds. The van der Waals surface area contributed by atoms with E-state index in [1.165, 1.54) is 0 Å². The van der Waals surface area contributed by atoms with E-state index >= 15 is 0 Å². The van der Waals surface area contributed by atoms with Crippen LogP contribution in [0.15, 0.2) is 0 Å². The Morgan fingerprint density at radius 3 is 2.32 bits per heavy atom. The highest BCUT2D eigenvalue weighted by atomic mass is 16.2. The van der Waals surface area contributed by atoms with Crippen LogP contribution in [-0.4, -0.2) is 61.0 Å². The first-order chi connectivity index (χ1) is 9.13. The van der Waals surface area contributed by atoms with E-state index in [4.69, 9.17) is 0 Å². The minimum Gasteiger partial charge on any atom is -0.342 e. The molecule has 0 aromatic rings. The van der Waals surface area contributed by atoms with Gasteiger partial charge in [-0.2, -0.15) is 0 Å². The van der Waals surface area contributed by atoms with Crippen molar-refractivity contribution in [2.24, 2.45) is 5.92 Å². The summed E-state index contributed by atoms with van der Waals surface area (Å²) in [6, 6.07) is 0.0494. The molecule has 1 N–H and O–H groups in total. The average molecular weight is 269 g/mol. The van der Waals surface area contributed by atoms with Crippen molar-refractivity contribution >= 4 is 5.91 Å². The van der Waals surface area contributed by atoms with Gasteiger partial charge in [-0.25, -0.2) is 0 Å². The van der Waals surface area contributed by atoms with Gasteiger partial charge in [0.1, 0.15) is 0 Å². The van der Waals surface area contributed by atoms with Crippen LogP contribution in [0.2, 0.25) is 0 Å². The molecule has 2 atom stereocenters. The summed E-state index contributed by atoms with van der Waals surface area (Å²) >= 11 is 0. The highest BCUT2D eigenvalue weighted by Gasteiger charge is 2.31. The van der Waals surface area contributed by atoms with E-state index in [1.54, 1.807) is 0 Å². The zero-order valence-electron chi connectivity index (χ0n) is 13.1. The number of carbonyl (C=O) groups is 1. The molecule has 0 spiro atoms. The molecule has 4 nitrogen and oxygen atoms in total. The molecule has 0 bridgehead atoms. The number of nitrogens with zero attached hydrogens (tertiary/aromatic N) is 2.